The second-order valence-electron chi connectivity index (χ2n) is 4.59. The van der Waals surface area contributed by atoms with Crippen molar-refractivity contribution in [3.8, 4) is 0 Å². The van der Waals surface area contributed by atoms with Crippen molar-refractivity contribution in [2.24, 2.45) is 5.92 Å². The van der Waals surface area contributed by atoms with Crippen LogP contribution < -0.4 is 0 Å². The first-order valence-corrected chi connectivity index (χ1v) is 5.99. The van der Waals surface area contributed by atoms with E-state index in [4.69, 9.17) is 4.74 Å². The number of nitrogens with zero attached hydrogens (tertiary/aromatic N) is 1. The Balaban J connectivity index is 2.19. The molecule has 5 nitrogen and oxygen atoms in total. The average Bonchev–Trinajstić information content (AvgIpc) is 2.55. The number of imide groups is 1. The molecule has 1 rings (SSSR count). The smallest absolute Gasteiger partial charge is 0.307 e. The summed E-state index contributed by atoms with van der Waals surface area (Å²) < 4.78 is 4.99. The van der Waals surface area contributed by atoms with Crippen LogP contribution in [0.15, 0.2) is 0 Å². The number of hydrogen-bond donors (Lipinski definition) is 0. The molecular formula is C12H19NO4. The SMILES string of the molecule is CC(C)CCOC(=O)CCN1C(=O)CCC1=O. The summed E-state index contributed by atoms with van der Waals surface area (Å²) >= 11 is 0. The standard InChI is InChI=1S/C12H19NO4/c1-9(2)6-8-17-12(16)5-7-13-10(14)3-4-11(13)15/h9H,3-8H2,1-2H3. The van der Waals surface area contributed by atoms with Gasteiger partial charge in [-0.1, -0.05) is 13.8 Å². The minimum atomic E-state index is -0.349. The van der Waals surface area contributed by atoms with E-state index in [1.54, 1.807) is 0 Å². The number of carbonyl (C=O) groups is 3. The third-order valence-electron chi connectivity index (χ3n) is 2.65. The Morgan fingerprint density at radius 2 is 1.88 bits per heavy atom. The lowest BCUT2D eigenvalue weighted by Crippen LogP contribution is -2.31. The highest BCUT2D eigenvalue weighted by atomic mass is 16.5. The molecule has 5 heteroatoms. The molecule has 0 spiro atoms. The molecule has 1 fully saturated rings. The van der Waals surface area contributed by atoms with Crippen molar-refractivity contribution in [3.05, 3.63) is 0 Å². The summed E-state index contributed by atoms with van der Waals surface area (Å²) in [4.78, 5) is 35.0. The Kier molecular flexibility index (Phi) is 5.12. The van der Waals surface area contributed by atoms with Crippen LogP contribution in [0.4, 0.5) is 0 Å². The summed E-state index contributed by atoms with van der Waals surface area (Å²) in [6.07, 6.45) is 1.45. The van der Waals surface area contributed by atoms with Crippen LogP contribution in [0.1, 0.15) is 39.5 Å². The van der Waals surface area contributed by atoms with Gasteiger partial charge in [0.2, 0.25) is 11.8 Å². The Morgan fingerprint density at radius 3 is 2.41 bits per heavy atom. The van der Waals surface area contributed by atoms with Gasteiger partial charge in [0.25, 0.3) is 0 Å². The van der Waals surface area contributed by atoms with E-state index in [2.05, 4.69) is 13.8 Å². The molecule has 96 valence electrons. The fourth-order valence-corrected chi connectivity index (χ4v) is 1.56. The third kappa shape index (κ3) is 4.54. The summed E-state index contributed by atoms with van der Waals surface area (Å²) in [6, 6.07) is 0. The van der Waals surface area contributed by atoms with Crippen molar-refractivity contribution < 1.29 is 19.1 Å². The first kappa shape index (κ1) is 13.7. The van der Waals surface area contributed by atoms with Crippen LogP contribution in [0.25, 0.3) is 0 Å². The maximum atomic E-state index is 11.3. The van der Waals surface area contributed by atoms with E-state index in [0.29, 0.717) is 12.5 Å². The summed E-state index contributed by atoms with van der Waals surface area (Å²) in [5.74, 6) is -0.238. The molecule has 17 heavy (non-hydrogen) atoms. The highest BCUT2D eigenvalue weighted by Gasteiger charge is 2.28. The van der Waals surface area contributed by atoms with Gasteiger partial charge in [-0.3, -0.25) is 19.3 Å². The van der Waals surface area contributed by atoms with Crippen LogP contribution in [0.5, 0.6) is 0 Å². The van der Waals surface area contributed by atoms with Crippen LogP contribution in [0.3, 0.4) is 0 Å². The van der Waals surface area contributed by atoms with Gasteiger partial charge in [0.15, 0.2) is 0 Å². The van der Waals surface area contributed by atoms with Crippen molar-refractivity contribution >= 4 is 17.8 Å². The Bertz CT molecular complexity index is 296. The van der Waals surface area contributed by atoms with E-state index < -0.39 is 0 Å². The van der Waals surface area contributed by atoms with Gasteiger partial charge in [-0.2, -0.15) is 0 Å². The molecule has 0 atom stereocenters. The minimum absolute atomic E-state index is 0.0928. The minimum Gasteiger partial charge on any atom is -0.466 e. The third-order valence-corrected chi connectivity index (χ3v) is 2.65. The highest BCUT2D eigenvalue weighted by molar-refractivity contribution is 6.02. The van der Waals surface area contributed by atoms with Gasteiger partial charge in [-0.05, 0) is 12.3 Å². The van der Waals surface area contributed by atoms with Gasteiger partial charge in [0.1, 0.15) is 0 Å². The second-order valence-corrected chi connectivity index (χ2v) is 4.59. The molecule has 0 aromatic carbocycles. The molecular weight excluding hydrogens is 222 g/mol. The molecule has 0 bridgehead atoms. The number of likely N-dealkylation sites (tertiary alicyclic amines) is 1. The number of hydrogen-bond acceptors (Lipinski definition) is 4. The molecule has 1 aliphatic heterocycles. The van der Waals surface area contributed by atoms with Gasteiger partial charge in [0.05, 0.1) is 13.0 Å². The van der Waals surface area contributed by atoms with Gasteiger partial charge in [-0.15, -0.1) is 0 Å². The fourth-order valence-electron chi connectivity index (χ4n) is 1.56. The number of amides is 2. The zero-order valence-electron chi connectivity index (χ0n) is 10.4. The predicted octanol–water partition coefficient (Wildman–Crippen LogP) is 1.11. The van der Waals surface area contributed by atoms with Gasteiger partial charge in [0, 0.05) is 19.4 Å². The lowest BCUT2D eigenvalue weighted by atomic mass is 10.1. The molecule has 1 aliphatic rings. The largest absolute Gasteiger partial charge is 0.466 e. The number of esters is 1. The van der Waals surface area contributed by atoms with Crippen LogP contribution in [-0.4, -0.2) is 35.8 Å². The topological polar surface area (TPSA) is 63.7 Å². The van der Waals surface area contributed by atoms with Crippen molar-refractivity contribution in [1.82, 2.24) is 4.90 Å². The molecule has 1 saturated heterocycles. The molecule has 0 unspecified atom stereocenters. The predicted molar refractivity (Wildman–Crippen MR) is 61.0 cm³/mol. The van der Waals surface area contributed by atoms with Crippen molar-refractivity contribution in [3.63, 3.8) is 0 Å². The second kappa shape index (κ2) is 6.37. The molecule has 0 N–H and O–H groups in total. The zero-order valence-corrected chi connectivity index (χ0v) is 10.4. The van der Waals surface area contributed by atoms with Crippen molar-refractivity contribution in [2.75, 3.05) is 13.2 Å². The Morgan fingerprint density at radius 1 is 1.29 bits per heavy atom. The van der Waals surface area contributed by atoms with Crippen LogP contribution >= 0.6 is 0 Å². The zero-order chi connectivity index (χ0) is 12.8. The van der Waals surface area contributed by atoms with Crippen molar-refractivity contribution in [2.45, 2.75) is 39.5 Å². The Labute approximate surface area is 101 Å². The van der Waals surface area contributed by atoms with E-state index in [0.717, 1.165) is 11.3 Å². The summed E-state index contributed by atoms with van der Waals surface area (Å²) in [5, 5.41) is 0. The van der Waals surface area contributed by atoms with Gasteiger partial charge < -0.3 is 4.74 Å². The van der Waals surface area contributed by atoms with E-state index >= 15 is 0 Å². The molecule has 1 heterocycles. The summed E-state index contributed by atoms with van der Waals surface area (Å²) in [5.41, 5.74) is 0. The lowest BCUT2D eigenvalue weighted by Gasteiger charge is -2.13. The average molecular weight is 241 g/mol. The van der Waals surface area contributed by atoms with Crippen molar-refractivity contribution in [1.29, 1.82) is 0 Å². The molecule has 0 saturated carbocycles. The maximum absolute atomic E-state index is 11.3. The molecule has 0 aliphatic carbocycles. The van der Waals surface area contributed by atoms with E-state index in [-0.39, 0.29) is 43.6 Å². The van der Waals surface area contributed by atoms with Crippen LogP contribution in [-0.2, 0) is 19.1 Å². The number of rotatable bonds is 6. The first-order valence-electron chi connectivity index (χ1n) is 5.99. The van der Waals surface area contributed by atoms with E-state index in [9.17, 15) is 14.4 Å². The van der Waals surface area contributed by atoms with Gasteiger partial charge >= 0.3 is 5.97 Å². The molecule has 0 aromatic rings. The highest BCUT2D eigenvalue weighted by Crippen LogP contribution is 2.12. The molecule has 0 radical (unpaired) electrons. The quantitative estimate of drug-likeness (QED) is 0.516. The fraction of sp³-hybridized carbons (Fsp3) is 0.750. The first-order chi connectivity index (χ1) is 8.00. The lowest BCUT2D eigenvalue weighted by molar-refractivity contribution is -0.145. The molecule has 0 aromatic heterocycles. The van der Waals surface area contributed by atoms with Crippen LogP contribution in [0, 0.1) is 5.92 Å². The van der Waals surface area contributed by atoms with E-state index in [1.807, 2.05) is 0 Å². The van der Waals surface area contributed by atoms with Gasteiger partial charge in [-0.25, -0.2) is 0 Å². The maximum Gasteiger partial charge on any atom is 0.307 e. The summed E-state index contributed by atoms with van der Waals surface area (Å²) in [6.45, 7) is 4.65. The monoisotopic (exact) mass is 241 g/mol. The van der Waals surface area contributed by atoms with Crippen LogP contribution in [0.2, 0.25) is 0 Å². The number of carbonyl (C=O) groups excluding carboxylic acids is 3. The number of ether oxygens (including phenoxy) is 1. The Hall–Kier alpha value is -1.39. The molecule has 2 amide bonds. The van der Waals surface area contributed by atoms with E-state index in [1.165, 1.54) is 0 Å². The normalized spacial score (nSPS) is 15.8. The summed E-state index contributed by atoms with van der Waals surface area (Å²) in [7, 11) is 0.